The Labute approximate surface area is 151 Å². The Balaban J connectivity index is 1.75. The van der Waals surface area contributed by atoms with Crippen LogP contribution in [0.2, 0.25) is 0 Å². The summed E-state index contributed by atoms with van der Waals surface area (Å²) in [5, 5.41) is 12.7. The molecule has 6 nitrogen and oxygen atoms in total. The van der Waals surface area contributed by atoms with E-state index in [1.54, 1.807) is 4.57 Å². The number of alkyl halides is 3. The maximum absolute atomic E-state index is 12.3. The molecule has 1 aromatic heterocycles. The third kappa shape index (κ3) is 2.91. The van der Waals surface area contributed by atoms with Crippen LogP contribution >= 0.6 is 0 Å². The molecule has 0 fully saturated rings. The highest BCUT2D eigenvalue weighted by molar-refractivity contribution is 5.85. The van der Waals surface area contributed by atoms with E-state index < -0.39 is 12.4 Å². The van der Waals surface area contributed by atoms with Crippen LogP contribution < -0.4 is 15.8 Å². The van der Waals surface area contributed by atoms with Gasteiger partial charge in [0.05, 0.1) is 22.6 Å². The molecule has 0 amide bonds. The molecule has 0 radical (unpaired) electrons. The summed E-state index contributed by atoms with van der Waals surface area (Å²) in [6.45, 7) is 0. The minimum Gasteiger partial charge on any atom is -0.406 e. The molecule has 136 valence electrons. The van der Waals surface area contributed by atoms with Gasteiger partial charge >= 0.3 is 6.36 Å². The van der Waals surface area contributed by atoms with Crippen LogP contribution in [-0.2, 0) is 0 Å². The molecule has 2 heterocycles. The number of nitrogens with one attached hydrogen (secondary N) is 1. The lowest BCUT2D eigenvalue weighted by atomic mass is 9.98. The first kappa shape index (κ1) is 16.8. The van der Waals surface area contributed by atoms with Crippen LogP contribution in [0.5, 0.6) is 5.75 Å². The Morgan fingerprint density at radius 1 is 1.15 bits per heavy atom. The zero-order valence-electron chi connectivity index (χ0n) is 13.7. The van der Waals surface area contributed by atoms with Gasteiger partial charge in [0, 0.05) is 0 Å². The van der Waals surface area contributed by atoms with E-state index in [0.29, 0.717) is 17.0 Å². The van der Waals surface area contributed by atoms with Crippen molar-refractivity contribution in [3.05, 3.63) is 59.7 Å². The van der Waals surface area contributed by atoms with Gasteiger partial charge in [-0.05, 0) is 29.8 Å². The average molecular weight is 371 g/mol. The number of hydrogen-bond acceptors (Lipinski definition) is 5. The van der Waals surface area contributed by atoms with Gasteiger partial charge < -0.3 is 15.8 Å². The lowest BCUT2D eigenvalue weighted by Crippen LogP contribution is -2.26. The second-order valence-electron chi connectivity index (χ2n) is 5.86. The third-order valence-electron chi connectivity index (χ3n) is 4.21. The fraction of sp³-hybridized carbons (Fsp3) is 0.111. The Kier molecular flexibility index (Phi) is 3.70. The highest BCUT2D eigenvalue weighted by Gasteiger charge is 2.32. The molecule has 0 saturated carbocycles. The summed E-state index contributed by atoms with van der Waals surface area (Å²) in [5.74, 6) is 0.332. The van der Waals surface area contributed by atoms with Crippen LogP contribution in [0.1, 0.15) is 11.6 Å². The lowest BCUT2D eigenvalue weighted by Gasteiger charge is -2.26. The van der Waals surface area contributed by atoms with Gasteiger partial charge in [0.25, 0.3) is 0 Å². The molecule has 3 aromatic rings. The number of ether oxygens (including phenoxy) is 1. The number of fused-ring (bicyclic) bond motifs is 3. The zero-order chi connectivity index (χ0) is 19.2. The first-order chi connectivity index (χ1) is 12.9. The van der Waals surface area contributed by atoms with Gasteiger partial charge in [0.2, 0.25) is 5.95 Å². The van der Waals surface area contributed by atoms with E-state index >= 15 is 0 Å². The predicted octanol–water partition coefficient (Wildman–Crippen LogP) is 3.75. The number of halogens is 3. The van der Waals surface area contributed by atoms with Crippen LogP contribution in [0, 0.1) is 11.3 Å². The first-order valence-corrected chi connectivity index (χ1v) is 7.87. The summed E-state index contributed by atoms with van der Waals surface area (Å²) in [7, 11) is 0. The summed E-state index contributed by atoms with van der Waals surface area (Å²) in [6.07, 6.45) is -4.77. The van der Waals surface area contributed by atoms with Crippen molar-refractivity contribution in [1.29, 1.82) is 5.26 Å². The summed E-state index contributed by atoms with van der Waals surface area (Å²) in [5.41, 5.74) is 8.47. The van der Waals surface area contributed by atoms with Gasteiger partial charge in [0.15, 0.2) is 0 Å². The molecule has 0 unspecified atom stereocenters. The monoisotopic (exact) mass is 371 g/mol. The summed E-state index contributed by atoms with van der Waals surface area (Å²) < 4.78 is 42.5. The molecule has 0 spiro atoms. The van der Waals surface area contributed by atoms with Crippen molar-refractivity contribution in [2.75, 3.05) is 5.32 Å². The highest BCUT2D eigenvalue weighted by Crippen LogP contribution is 2.36. The molecule has 1 aliphatic rings. The molecule has 0 bridgehead atoms. The Morgan fingerprint density at radius 2 is 1.85 bits per heavy atom. The minimum absolute atomic E-state index is 0.223. The normalized spacial score (nSPS) is 16.6. The van der Waals surface area contributed by atoms with Crippen molar-refractivity contribution in [3.63, 3.8) is 0 Å². The first-order valence-electron chi connectivity index (χ1n) is 7.87. The van der Waals surface area contributed by atoms with Crippen LogP contribution in [-0.4, -0.2) is 15.9 Å². The molecule has 2 aromatic carbocycles. The van der Waals surface area contributed by atoms with E-state index in [2.05, 4.69) is 21.1 Å². The van der Waals surface area contributed by atoms with Crippen molar-refractivity contribution >= 4 is 22.8 Å². The predicted molar refractivity (Wildman–Crippen MR) is 92.2 cm³/mol. The van der Waals surface area contributed by atoms with Crippen LogP contribution in [0.4, 0.5) is 19.1 Å². The van der Waals surface area contributed by atoms with Gasteiger partial charge in [-0.2, -0.15) is 5.26 Å². The number of benzene rings is 2. The quantitative estimate of drug-likeness (QED) is 0.716. The van der Waals surface area contributed by atoms with Crippen molar-refractivity contribution in [3.8, 4) is 11.8 Å². The SMILES string of the molecule is N#CC1=C(N)n2c(nc3ccccc32)N[C@@H]1c1ccc(OC(F)(F)F)cc1. The smallest absolute Gasteiger partial charge is 0.406 e. The molecule has 27 heavy (non-hydrogen) atoms. The molecule has 1 aliphatic heterocycles. The maximum Gasteiger partial charge on any atom is 0.573 e. The van der Waals surface area contributed by atoms with E-state index in [9.17, 15) is 18.4 Å². The fourth-order valence-corrected chi connectivity index (χ4v) is 3.07. The number of hydrogen-bond donors (Lipinski definition) is 2. The van der Waals surface area contributed by atoms with Crippen molar-refractivity contribution in [2.45, 2.75) is 12.4 Å². The highest BCUT2D eigenvalue weighted by atomic mass is 19.4. The molecule has 0 saturated heterocycles. The van der Waals surface area contributed by atoms with Gasteiger partial charge in [-0.15, -0.1) is 13.2 Å². The number of anilines is 1. The lowest BCUT2D eigenvalue weighted by molar-refractivity contribution is -0.274. The number of nitrogens with two attached hydrogens (primary N) is 1. The largest absolute Gasteiger partial charge is 0.573 e. The van der Waals surface area contributed by atoms with E-state index in [1.165, 1.54) is 24.3 Å². The van der Waals surface area contributed by atoms with Gasteiger partial charge in [-0.25, -0.2) is 4.98 Å². The number of para-hydroxylation sites is 2. The topological polar surface area (TPSA) is 88.9 Å². The van der Waals surface area contributed by atoms with Gasteiger partial charge in [-0.3, -0.25) is 4.57 Å². The minimum atomic E-state index is -4.77. The molecule has 3 N–H and O–H groups in total. The maximum atomic E-state index is 12.3. The number of nitrogens with zero attached hydrogens (tertiary/aromatic N) is 3. The van der Waals surface area contributed by atoms with Crippen molar-refractivity contribution in [1.82, 2.24) is 9.55 Å². The van der Waals surface area contributed by atoms with Crippen LogP contribution in [0.15, 0.2) is 54.1 Å². The third-order valence-corrected chi connectivity index (χ3v) is 4.21. The second kappa shape index (κ2) is 5.95. The fourth-order valence-electron chi connectivity index (χ4n) is 3.07. The van der Waals surface area contributed by atoms with E-state index in [4.69, 9.17) is 5.73 Å². The summed E-state index contributed by atoms with van der Waals surface area (Å²) in [6, 6.07) is 14.0. The van der Waals surface area contributed by atoms with Crippen LogP contribution in [0.25, 0.3) is 16.9 Å². The number of aromatic nitrogens is 2. The molecule has 4 rings (SSSR count). The van der Waals surface area contributed by atoms with E-state index in [-0.39, 0.29) is 17.1 Å². The van der Waals surface area contributed by atoms with Crippen molar-refractivity contribution in [2.24, 2.45) is 5.73 Å². The summed E-state index contributed by atoms with van der Waals surface area (Å²) in [4.78, 5) is 4.47. The van der Waals surface area contributed by atoms with E-state index in [1.807, 2.05) is 24.3 Å². The average Bonchev–Trinajstić information content (AvgIpc) is 2.99. The van der Waals surface area contributed by atoms with E-state index in [0.717, 1.165) is 5.52 Å². The number of imidazole rings is 1. The Morgan fingerprint density at radius 3 is 2.52 bits per heavy atom. The number of rotatable bonds is 2. The Bertz CT molecular complexity index is 1090. The molecule has 1 atom stereocenters. The van der Waals surface area contributed by atoms with Crippen LogP contribution in [0.3, 0.4) is 0 Å². The zero-order valence-corrected chi connectivity index (χ0v) is 13.7. The summed E-state index contributed by atoms with van der Waals surface area (Å²) >= 11 is 0. The molecular formula is C18H12F3N5O. The van der Waals surface area contributed by atoms with Gasteiger partial charge in [-0.1, -0.05) is 24.3 Å². The van der Waals surface area contributed by atoms with Gasteiger partial charge in [0.1, 0.15) is 17.6 Å². The number of nitriles is 1. The second-order valence-corrected chi connectivity index (χ2v) is 5.86. The molecule has 0 aliphatic carbocycles. The standard InChI is InChI=1S/C18H12F3N5O/c19-18(20,21)27-11-7-5-10(6-8-11)15-12(9-22)16(23)26-14-4-2-1-3-13(14)24-17(26)25-15/h1-8,15H,23H2,(H,24,25)/t15-/m1/s1. The molecule has 9 heteroatoms. The van der Waals surface area contributed by atoms with Crippen molar-refractivity contribution < 1.29 is 17.9 Å². The Hall–Kier alpha value is -3.67. The molecular weight excluding hydrogens is 359 g/mol.